The molecule has 0 aliphatic heterocycles. The van der Waals surface area contributed by atoms with E-state index in [1.54, 1.807) is 30.8 Å². The highest BCUT2D eigenvalue weighted by atomic mass is 32.1. The number of rotatable bonds is 4. The normalized spacial score (nSPS) is 10.4. The second-order valence-corrected chi connectivity index (χ2v) is 5.16. The third kappa shape index (κ3) is 2.88. The van der Waals surface area contributed by atoms with Gasteiger partial charge in [-0.25, -0.2) is 4.98 Å². The van der Waals surface area contributed by atoms with Gasteiger partial charge in [0.15, 0.2) is 16.6 Å². The van der Waals surface area contributed by atoms with Crippen molar-refractivity contribution < 1.29 is 14.0 Å². The third-order valence-electron chi connectivity index (χ3n) is 2.75. The summed E-state index contributed by atoms with van der Waals surface area (Å²) in [6.07, 6.45) is 3.00. The van der Waals surface area contributed by atoms with Gasteiger partial charge in [-0.15, -0.1) is 11.3 Å². The first-order valence-corrected chi connectivity index (χ1v) is 7.11. The summed E-state index contributed by atoms with van der Waals surface area (Å²) in [5.74, 6) is -0.260. The number of carbonyl (C=O) groups is 2. The van der Waals surface area contributed by atoms with Gasteiger partial charge < -0.3 is 9.73 Å². The minimum absolute atomic E-state index is 0.174. The van der Waals surface area contributed by atoms with Gasteiger partial charge in [-0.3, -0.25) is 19.6 Å². The number of amides is 2. The van der Waals surface area contributed by atoms with E-state index in [1.165, 1.54) is 28.3 Å². The van der Waals surface area contributed by atoms with Crippen LogP contribution >= 0.6 is 11.3 Å². The number of anilines is 2. The molecule has 0 atom stereocenters. The lowest BCUT2D eigenvalue weighted by Crippen LogP contribution is -2.13. The molecule has 0 aromatic carbocycles. The Morgan fingerprint density at radius 3 is 2.86 bits per heavy atom. The number of hydrogen-bond acceptors (Lipinski definition) is 6. The topological polar surface area (TPSA) is 102 Å². The molecule has 0 bridgehead atoms. The Bertz CT molecular complexity index is 792. The minimum Gasteiger partial charge on any atom is -0.459 e. The van der Waals surface area contributed by atoms with Crippen LogP contribution in [-0.4, -0.2) is 26.6 Å². The lowest BCUT2D eigenvalue weighted by molar-refractivity contribution is 0.0993. The first kappa shape index (κ1) is 14.0. The number of furan rings is 1. The van der Waals surface area contributed by atoms with Crippen LogP contribution in [0, 0.1) is 0 Å². The van der Waals surface area contributed by atoms with E-state index < -0.39 is 11.8 Å². The second-order valence-electron chi connectivity index (χ2n) is 4.26. The van der Waals surface area contributed by atoms with Crippen molar-refractivity contribution in [1.29, 1.82) is 0 Å². The van der Waals surface area contributed by atoms with Crippen LogP contribution in [0.25, 0.3) is 0 Å². The van der Waals surface area contributed by atoms with Gasteiger partial charge in [0.25, 0.3) is 11.8 Å². The Labute approximate surface area is 128 Å². The monoisotopic (exact) mass is 317 g/mol. The molecule has 8 nitrogen and oxygen atoms in total. The van der Waals surface area contributed by atoms with Crippen molar-refractivity contribution >= 4 is 34.1 Å². The summed E-state index contributed by atoms with van der Waals surface area (Å²) in [7, 11) is 1.62. The summed E-state index contributed by atoms with van der Waals surface area (Å²) in [6.45, 7) is 0. The Morgan fingerprint density at radius 1 is 1.32 bits per heavy atom. The van der Waals surface area contributed by atoms with E-state index in [-0.39, 0.29) is 11.5 Å². The summed E-state index contributed by atoms with van der Waals surface area (Å²) in [6, 6.07) is 4.64. The third-order valence-corrected chi connectivity index (χ3v) is 3.44. The molecule has 2 N–H and O–H groups in total. The van der Waals surface area contributed by atoms with Crippen molar-refractivity contribution in [2.45, 2.75) is 0 Å². The smallest absolute Gasteiger partial charge is 0.292 e. The van der Waals surface area contributed by atoms with Crippen LogP contribution in [-0.2, 0) is 7.05 Å². The van der Waals surface area contributed by atoms with Gasteiger partial charge in [0.05, 0.1) is 6.26 Å². The zero-order chi connectivity index (χ0) is 15.5. The highest BCUT2D eigenvalue weighted by Gasteiger charge is 2.16. The number of thiazole rings is 1. The fourth-order valence-corrected chi connectivity index (χ4v) is 2.25. The lowest BCUT2D eigenvalue weighted by Gasteiger charge is -2.01. The van der Waals surface area contributed by atoms with Crippen LogP contribution in [0.4, 0.5) is 10.9 Å². The lowest BCUT2D eigenvalue weighted by atomic mass is 10.4. The van der Waals surface area contributed by atoms with E-state index in [1.807, 2.05) is 0 Å². The largest absolute Gasteiger partial charge is 0.459 e. The van der Waals surface area contributed by atoms with Gasteiger partial charge >= 0.3 is 0 Å². The molecule has 3 aromatic heterocycles. The average Bonchev–Trinajstić information content (AvgIpc) is 3.21. The Kier molecular flexibility index (Phi) is 3.71. The van der Waals surface area contributed by atoms with Gasteiger partial charge in [-0.05, 0) is 12.1 Å². The van der Waals surface area contributed by atoms with Gasteiger partial charge in [0.2, 0.25) is 0 Å². The predicted molar refractivity (Wildman–Crippen MR) is 79.9 cm³/mol. The zero-order valence-corrected chi connectivity index (χ0v) is 12.3. The number of hydrogen-bond donors (Lipinski definition) is 2. The number of aromatic nitrogens is 3. The van der Waals surface area contributed by atoms with Crippen molar-refractivity contribution in [3.05, 3.63) is 47.5 Å². The van der Waals surface area contributed by atoms with Gasteiger partial charge in [0, 0.05) is 24.7 Å². The molecule has 112 valence electrons. The SMILES string of the molecule is Cn1nc(C(=O)Nc2nccs2)cc1NC(=O)c1ccco1. The maximum Gasteiger partial charge on any atom is 0.292 e. The average molecular weight is 317 g/mol. The summed E-state index contributed by atoms with van der Waals surface area (Å²) < 4.78 is 6.40. The number of nitrogens with one attached hydrogen (secondary N) is 2. The minimum atomic E-state index is -0.417. The molecule has 0 aliphatic rings. The molecule has 9 heteroatoms. The van der Waals surface area contributed by atoms with Crippen LogP contribution in [0.1, 0.15) is 21.0 Å². The van der Waals surface area contributed by atoms with Crippen LogP contribution in [0.2, 0.25) is 0 Å². The van der Waals surface area contributed by atoms with Crippen molar-refractivity contribution in [2.24, 2.45) is 7.05 Å². The van der Waals surface area contributed by atoms with Crippen molar-refractivity contribution in [3.8, 4) is 0 Å². The summed E-state index contributed by atoms with van der Waals surface area (Å²) in [5, 5.41) is 11.5. The van der Waals surface area contributed by atoms with E-state index in [0.717, 1.165) is 0 Å². The maximum absolute atomic E-state index is 12.0. The van der Waals surface area contributed by atoms with Gasteiger partial charge in [-0.1, -0.05) is 0 Å². The molecule has 22 heavy (non-hydrogen) atoms. The highest BCUT2D eigenvalue weighted by molar-refractivity contribution is 7.13. The quantitative estimate of drug-likeness (QED) is 0.766. The molecule has 0 aliphatic carbocycles. The Hall–Kier alpha value is -2.94. The van der Waals surface area contributed by atoms with Crippen LogP contribution in [0.5, 0.6) is 0 Å². The van der Waals surface area contributed by atoms with E-state index >= 15 is 0 Å². The molecule has 0 fully saturated rings. The second kappa shape index (κ2) is 5.82. The maximum atomic E-state index is 12.0. The standard InChI is InChI=1S/C13H11N5O3S/c1-18-10(15-12(20)9-3-2-5-21-9)7-8(17-18)11(19)16-13-14-4-6-22-13/h2-7H,1H3,(H,15,20)(H,14,16,19). The Balaban J connectivity index is 1.73. The Morgan fingerprint density at radius 2 is 2.18 bits per heavy atom. The van der Waals surface area contributed by atoms with Crippen molar-refractivity contribution in [2.75, 3.05) is 10.6 Å². The number of carbonyl (C=O) groups excluding carboxylic acids is 2. The van der Waals surface area contributed by atoms with E-state index in [4.69, 9.17) is 4.42 Å². The highest BCUT2D eigenvalue weighted by Crippen LogP contribution is 2.15. The van der Waals surface area contributed by atoms with Gasteiger partial charge in [0.1, 0.15) is 5.82 Å². The molecule has 0 spiro atoms. The molecular weight excluding hydrogens is 306 g/mol. The van der Waals surface area contributed by atoms with E-state index in [9.17, 15) is 9.59 Å². The fourth-order valence-electron chi connectivity index (χ4n) is 1.73. The molecular formula is C13H11N5O3S. The fraction of sp³-hybridized carbons (Fsp3) is 0.0769. The number of nitrogens with zero attached hydrogens (tertiary/aromatic N) is 3. The summed E-state index contributed by atoms with van der Waals surface area (Å²) >= 11 is 1.31. The molecule has 2 amide bonds. The first-order chi connectivity index (χ1) is 10.6. The number of aryl methyl sites for hydroxylation is 1. The predicted octanol–water partition coefficient (Wildman–Crippen LogP) is 1.97. The molecule has 3 rings (SSSR count). The van der Waals surface area contributed by atoms with Crippen molar-refractivity contribution in [3.63, 3.8) is 0 Å². The van der Waals surface area contributed by atoms with Gasteiger partial charge in [-0.2, -0.15) is 5.10 Å². The van der Waals surface area contributed by atoms with Crippen LogP contribution in [0.15, 0.2) is 40.5 Å². The summed E-state index contributed by atoms with van der Waals surface area (Å²) in [4.78, 5) is 27.9. The molecule has 3 aromatic rings. The molecule has 0 unspecified atom stereocenters. The zero-order valence-electron chi connectivity index (χ0n) is 11.4. The van der Waals surface area contributed by atoms with E-state index in [2.05, 4.69) is 20.7 Å². The first-order valence-electron chi connectivity index (χ1n) is 6.23. The molecule has 3 heterocycles. The van der Waals surface area contributed by atoms with Crippen molar-refractivity contribution in [1.82, 2.24) is 14.8 Å². The molecule has 0 saturated heterocycles. The molecule has 0 radical (unpaired) electrons. The van der Waals surface area contributed by atoms with Crippen LogP contribution < -0.4 is 10.6 Å². The summed E-state index contributed by atoms with van der Waals surface area (Å²) in [5.41, 5.74) is 0.174. The van der Waals surface area contributed by atoms with Crippen LogP contribution in [0.3, 0.4) is 0 Å². The molecule has 0 saturated carbocycles. The van der Waals surface area contributed by atoms with E-state index in [0.29, 0.717) is 10.9 Å².